The predicted octanol–water partition coefficient (Wildman–Crippen LogP) is 2.56. The van der Waals surface area contributed by atoms with E-state index in [0.29, 0.717) is 5.13 Å². The summed E-state index contributed by atoms with van der Waals surface area (Å²) in [6.07, 6.45) is 1.51. The Hall–Kier alpha value is -2.93. The topological polar surface area (TPSA) is 86.6 Å². The van der Waals surface area contributed by atoms with E-state index in [0.717, 1.165) is 15.8 Å². The third-order valence-electron chi connectivity index (χ3n) is 2.99. The number of hydrogen-bond donors (Lipinski definition) is 3. The number of hydrazone groups is 1. The average Bonchev–Trinajstić information content (AvgIpc) is 2.98. The first-order chi connectivity index (χ1) is 11.2. The van der Waals surface area contributed by atoms with Gasteiger partial charge in [0.15, 0.2) is 5.13 Å². The van der Waals surface area contributed by atoms with Crippen molar-refractivity contribution in [3.8, 4) is 5.75 Å². The predicted molar refractivity (Wildman–Crippen MR) is 92.0 cm³/mol. The molecule has 1 heterocycles. The number of hydrogen-bond acceptors (Lipinski definition) is 6. The number of carbonyl (C=O) groups excluding carboxylic acids is 1. The molecule has 0 aliphatic heterocycles. The summed E-state index contributed by atoms with van der Waals surface area (Å²) < 4.78 is 1.07. The molecule has 1 amide bonds. The second-order valence-corrected chi connectivity index (χ2v) is 5.76. The number of para-hydroxylation sites is 1. The number of benzene rings is 2. The van der Waals surface area contributed by atoms with Crippen LogP contribution in [0.5, 0.6) is 5.75 Å². The number of amides is 1. The number of phenolic OH excluding ortho intramolecular Hbond substituents is 1. The third-order valence-corrected chi connectivity index (χ3v) is 3.98. The first kappa shape index (κ1) is 15.0. The lowest BCUT2D eigenvalue weighted by molar-refractivity contribution is -0.119. The largest absolute Gasteiger partial charge is 0.508 e. The second kappa shape index (κ2) is 6.89. The molecular formula is C16H14N4O2S. The molecule has 6 nitrogen and oxygen atoms in total. The van der Waals surface area contributed by atoms with Gasteiger partial charge in [0, 0.05) is 0 Å². The van der Waals surface area contributed by atoms with Crippen LogP contribution in [0.3, 0.4) is 0 Å². The van der Waals surface area contributed by atoms with Crippen LogP contribution in [0, 0.1) is 0 Å². The maximum absolute atomic E-state index is 11.7. The molecule has 0 radical (unpaired) electrons. The Labute approximate surface area is 136 Å². The molecule has 3 rings (SSSR count). The quantitative estimate of drug-likeness (QED) is 0.497. The van der Waals surface area contributed by atoms with E-state index in [-0.39, 0.29) is 18.2 Å². The Morgan fingerprint density at radius 1 is 1.22 bits per heavy atom. The number of rotatable bonds is 5. The van der Waals surface area contributed by atoms with E-state index in [2.05, 4.69) is 20.8 Å². The number of fused-ring (bicyclic) bond motifs is 1. The first-order valence-electron chi connectivity index (χ1n) is 6.91. The summed E-state index contributed by atoms with van der Waals surface area (Å²) in [6.45, 7) is 0.0900. The Morgan fingerprint density at radius 3 is 2.78 bits per heavy atom. The van der Waals surface area contributed by atoms with Crippen molar-refractivity contribution in [2.45, 2.75) is 0 Å². The van der Waals surface area contributed by atoms with Crippen molar-refractivity contribution in [1.82, 2.24) is 10.4 Å². The molecule has 3 aromatic rings. The number of anilines is 1. The van der Waals surface area contributed by atoms with E-state index in [4.69, 9.17) is 0 Å². The molecule has 0 aliphatic carbocycles. The van der Waals surface area contributed by atoms with Crippen LogP contribution < -0.4 is 10.7 Å². The minimum Gasteiger partial charge on any atom is -0.508 e. The van der Waals surface area contributed by atoms with Gasteiger partial charge < -0.3 is 10.4 Å². The van der Waals surface area contributed by atoms with Crippen LogP contribution in [-0.2, 0) is 4.79 Å². The summed E-state index contributed by atoms with van der Waals surface area (Å²) in [4.78, 5) is 16.1. The number of aromatic hydroxyl groups is 1. The SMILES string of the molecule is O=C(CNc1nc2ccccc2s1)N/N=C/c1ccc(O)cc1. The lowest BCUT2D eigenvalue weighted by Gasteiger charge is -2.00. The summed E-state index contributed by atoms with van der Waals surface area (Å²) in [6, 6.07) is 14.3. The molecule has 7 heteroatoms. The van der Waals surface area contributed by atoms with E-state index in [1.165, 1.54) is 17.6 Å². The summed E-state index contributed by atoms with van der Waals surface area (Å²) >= 11 is 1.50. The molecule has 2 aromatic carbocycles. The normalized spacial score (nSPS) is 11.0. The van der Waals surface area contributed by atoms with Crippen molar-refractivity contribution >= 4 is 38.8 Å². The molecule has 0 unspecified atom stereocenters. The van der Waals surface area contributed by atoms with Gasteiger partial charge in [-0.05, 0) is 42.0 Å². The number of nitrogens with zero attached hydrogens (tertiary/aromatic N) is 2. The fourth-order valence-electron chi connectivity index (χ4n) is 1.88. The Morgan fingerprint density at radius 2 is 2.00 bits per heavy atom. The minimum absolute atomic E-state index is 0.0900. The van der Waals surface area contributed by atoms with Crippen molar-refractivity contribution in [1.29, 1.82) is 0 Å². The number of carbonyl (C=O) groups is 1. The summed E-state index contributed by atoms with van der Waals surface area (Å²) in [7, 11) is 0. The molecule has 23 heavy (non-hydrogen) atoms. The zero-order valence-corrected chi connectivity index (χ0v) is 12.9. The van der Waals surface area contributed by atoms with Gasteiger partial charge in [0.1, 0.15) is 5.75 Å². The Balaban J connectivity index is 1.50. The maximum Gasteiger partial charge on any atom is 0.259 e. The van der Waals surface area contributed by atoms with Gasteiger partial charge in [-0.15, -0.1) is 0 Å². The molecule has 3 N–H and O–H groups in total. The Bertz CT molecular complexity index is 810. The van der Waals surface area contributed by atoms with Crippen molar-refractivity contribution in [3.05, 3.63) is 54.1 Å². The van der Waals surface area contributed by atoms with E-state index < -0.39 is 0 Å². The zero-order valence-electron chi connectivity index (χ0n) is 12.1. The van der Waals surface area contributed by atoms with Gasteiger partial charge in [-0.1, -0.05) is 23.5 Å². The van der Waals surface area contributed by atoms with Gasteiger partial charge in [0.2, 0.25) is 0 Å². The molecule has 0 saturated heterocycles. The summed E-state index contributed by atoms with van der Waals surface area (Å²) in [5.74, 6) is -0.0782. The lowest BCUT2D eigenvalue weighted by atomic mass is 10.2. The summed E-state index contributed by atoms with van der Waals surface area (Å²) in [5.41, 5.74) is 4.12. The summed E-state index contributed by atoms with van der Waals surface area (Å²) in [5, 5.41) is 16.7. The van der Waals surface area contributed by atoms with Gasteiger partial charge in [-0.25, -0.2) is 10.4 Å². The van der Waals surface area contributed by atoms with E-state index in [1.54, 1.807) is 24.3 Å². The van der Waals surface area contributed by atoms with E-state index >= 15 is 0 Å². The monoisotopic (exact) mass is 326 g/mol. The van der Waals surface area contributed by atoms with Crippen molar-refractivity contribution in [3.63, 3.8) is 0 Å². The van der Waals surface area contributed by atoms with Crippen LogP contribution in [0.4, 0.5) is 5.13 Å². The number of aromatic nitrogens is 1. The molecule has 1 aromatic heterocycles. The van der Waals surface area contributed by atoms with Gasteiger partial charge in [-0.2, -0.15) is 5.10 Å². The van der Waals surface area contributed by atoms with Gasteiger partial charge in [0.05, 0.1) is 23.0 Å². The third kappa shape index (κ3) is 4.04. The van der Waals surface area contributed by atoms with Crippen LogP contribution >= 0.6 is 11.3 Å². The molecule has 0 fully saturated rings. The number of nitrogens with one attached hydrogen (secondary N) is 2. The highest BCUT2D eigenvalue weighted by Crippen LogP contribution is 2.24. The molecule has 0 bridgehead atoms. The maximum atomic E-state index is 11.7. The second-order valence-electron chi connectivity index (χ2n) is 4.73. The van der Waals surface area contributed by atoms with Crippen molar-refractivity contribution in [2.75, 3.05) is 11.9 Å². The fourth-order valence-corrected chi connectivity index (χ4v) is 2.74. The van der Waals surface area contributed by atoms with Crippen LogP contribution in [-0.4, -0.2) is 28.8 Å². The molecule has 0 atom stereocenters. The number of thiazole rings is 1. The lowest BCUT2D eigenvalue weighted by Crippen LogP contribution is -2.25. The minimum atomic E-state index is -0.265. The van der Waals surface area contributed by atoms with Crippen molar-refractivity contribution < 1.29 is 9.90 Å². The van der Waals surface area contributed by atoms with Crippen molar-refractivity contribution in [2.24, 2.45) is 5.10 Å². The van der Waals surface area contributed by atoms with Crippen LogP contribution in [0.25, 0.3) is 10.2 Å². The molecule has 116 valence electrons. The number of phenols is 1. The zero-order chi connectivity index (χ0) is 16.1. The standard InChI is InChI=1S/C16H14N4O2S/c21-12-7-5-11(6-8-12)9-18-20-15(22)10-17-16-19-13-3-1-2-4-14(13)23-16/h1-9,21H,10H2,(H,17,19)(H,20,22)/b18-9+. The Kier molecular flexibility index (Phi) is 4.49. The average molecular weight is 326 g/mol. The van der Waals surface area contributed by atoms with E-state index in [1.807, 2.05) is 24.3 Å². The van der Waals surface area contributed by atoms with Gasteiger partial charge in [0.25, 0.3) is 5.91 Å². The highest BCUT2D eigenvalue weighted by Gasteiger charge is 2.04. The van der Waals surface area contributed by atoms with Crippen LogP contribution in [0.15, 0.2) is 53.6 Å². The molecule has 0 spiro atoms. The first-order valence-corrected chi connectivity index (χ1v) is 7.73. The molecular weight excluding hydrogens is 312 g/mol. The van der Waals surface area contributed by atoms with Crippen LogP contribution in [0.1, 0.15) is 5.56 Å². The highest BCUT2D eigenvalue weighted by atomic mass is 32.1. The highest BCUT2D eigenvalue weighted by molar-refractivity contribution is 7.22. The van der Waals surface area contributed by atoms with E-state index in [9.17, 15) is 9.90 Å². The van der Waals surface area contributed by atoms with Gasteiger partial charge >= 0.3 is 0 Å². The van der Waals surface area contributed by atoms with Gasteiger partial charge in [-0.3, -0.25) is 4.79 Å². The fraction of sp³-hybridized carbons (Fsp3) is 0.0625. The molecule has 0 aliphatic rings. The molecule has 0 saturated carbocycles. The van der Waals surface area contributed by atoms with Crippen LogP contribution in [0.2, 0.25) is 0 Å². The smallest absolute Gasteiger partial charge is 0.259 e.